The van der Waals surface area contributed by atoms with Crippen molar-refractivity contribution >= 4 is 11.9 Å². The highest BCUT2D eigenvalue weighted by Crippen LogP contribution is 2.12. The summed E-state index contributed by atoms with van der Waals surface area (Å²) in [6.07, 6.45) is 0.892. The van der Waals surface area contributed by atoms with Crippen LogP contribution in [0.15, 0.2) is 15.8 Å². The van der Waals surface area contributed by atoms with Gasteiger partial charge in [0.1, 0.15) is 12.2 Å². The van der Waals surface area contributed by atoms with Gasteiger partial charge in [-0.15, -0.1) is 0 Å². The average Bonchev–Trinajstić information content (AvgIpc) is 2.46. The largest absolute Gasteiger partial charge is 0.480 e. The molecule has 0 bridgehead atoms. The summed E-state index contributed by atoms with van der Waals surface area (Å²) in [6.45, 7) is 0.0312. The predicted octanol–water partition coefficient (Wildman–Crippen LogP) is -1.95. The Hall–Kier alpha value is -2.46. The standard InChI is InChI=1S/C12H15N3O7/c16-9(17)5-22-8-1-2-21-4-7(8)14-10(18)6-3-13-12(20)15-11(6)19/h3,7-8H,1-2,4-5H2,(H,14,18)(H,16,17)(H2,13,15,19,20)/t7-,8+/m1/s1. The molecule has 22 heavy (non-hydrogen) atoms. The molecule has 2 atom stereocenters. The lowest BCUT2D eigenvalue weighted by Crippen LogP contribution is -2.51. The molecule has 1 aliphatic heterocycles. The second-order valence-corrected chi connectivity index (χ2v) is 4.67. The molecule has 0 aliphatic carbocycles. The topological polar surface area (TPSA) is 151 Å². The van der Waals surface area contributed by atoms with Gasteiger partial charge in [-0.1, -0.05) is 0 Å². The molecule has 10 heteroatoms. The Kier molecular flexibility index (Phi) is 5.07. The molecule has 0 spiro atoms. The zero-order valence-electron chi connectivity index (χ0n) is 11.5. The summed E-state index contributed by atoms with van der Waals surface area (Å²) in [5, 5.41) is 11.2. The molecule has 2 heterocycles. The van der Waals surface area contributed by atoms with Gasteiger partial charge in [0.2, 0.25) is 0 Å². The van der Waals surface area contributed by atoms with Gasteiger partial charge in [-0.3, -0.25) is 14.6 Å². The third-order valence-electron chi connectivity index (χ3n) is 3.09. The summed E-state index contributed by atoms with van der Waals surface area (Å²) in [5.41, 5.74) is -1.80. The maximum Gasteiger partial charge on any atom is 0.329 e. The van der Waals surface area contributed by atoms with Crippen molar-refractivity contribution in [2.75, 3.05) is 19.8 Å². The van der Waals surface area contributed by atoms with Crippen molar-refractivity contribution in [3.05, 3.63) is 32.6 Å². The van der Waals surface area contributed by atoms with Gasteiger partial charge in [-0.2, -0.15) is 0 Å². The molecular weight excluding hydrogens is 298 g/mol. The van der Waals surface area contributed by atoms with E-state index >= 15 is 0 Å². The van der Waals surface area contributed by atoms with Crippen molar-refractivity contribution in [1.82, 2.24) is 15.3 Å². The maximum atomic E-state index is 12.0. The highest BCUT2D eigenvalue weighted by molar-refractivity contribution is 5.93. The number of ether oxygens (including phenoxy) is 2. The Labute approximate surface area is 123 Å². The van der Waals surface area contributed by atoms with Crippen LogP contribution in [-0.2, 0) is 14.3 Å². The van der Waals surface area contributed by atoms with Gasteiger partial charge in [-0.05, 0) is 6.42 Å². The lowest BCUT2D eigenvalue weighted by Gasteiger charge is -2.31. The van der Waals surface area contributed by atoms with E-state index in [1.165, 1.54) is 0 Å². The van der Waals surface area contributed by atoms with Gasteiger partial charge >= 0.3 is 11.7 Å². The number of carbonyl (C=O) groups excluding carboxylic acids is 1. The number of carboxylic acids is 1. The molecule has 1 amide bonds. The molecular formula is C12H15N3O7. The van der Waals surface area contributed by atoms with E-state index in [1.807, 2.05) is 4.98 Å². The summed E-state index contributed by atoms with van der Waals surface area (Å²) in [4.78, 5) is 49.2. The van der Waals surface area contributed by atoms with Crippen LogP contribution in [0.1, 0.15) is 16.8 Å². The first-order valence-electron chi connectivity index (χ1n) is 6.51. The van der Waals surface area contributed by atoms with Crippen LogP contribution in [0.2, 0.25) is 0 Å². The molecule has 2 rings (SSSR count). The highest BCUT2D eigenvalue weighted by atomic mass is 16.5. The van der Waals surface area contributed by atoms with Crippen LogP contribution >= 0.6 is 0 Å². The molecule has 120 valence electrons. The van der Waals surface area contributed by atoms with Crippen molar-refractivity contribution in [2.45, 2.75) is 18.6 Å². The average molecular weight is 313 g/mol. The van der Waals surface area contributed by atoms with Gasteiger partial charge in [0.25, 0.3) is 11.5 Å². The van der Waals surface area contributed by atoms with E-state index < -0.39 is 41.9 Å². The van der Waals surface area contributed by atoms with Crippen LogP contribution < -0.4 is 16.6 Å². The molecule has 0 saturated carbocycles. The monoisotopic (exact) mass is 313 g/mol. The third-order valence-corrected chi connectivity index (χ3v) is 3.09. The second-order valence-electron chi connectivity index (χ2n) is 4.67. The van der Waals surface area contributed by atoms with E-state index in [2.05, 4.69) is 10.3 Å². The summed E-state index contributed by atoms with van der Waals surface area (Å²) in [5.74, 6) is -1.83. The van der Waals surface area contributed by atoms with Crippen molar-refractivity contribution in [3.8, 4) is 0 Å². The Morgan fingerprint density at radius 3 is 2.91 bits per heavy atom. The van der Waals surface area contributed by atoms with E-state index in [4.69, 9.17) is 14.6 Å². The maximum absolute atomic E-state index is 12.0. The van der Waals surface area contributed by atoms with Crippen LogP contribution in [0.3, 0.4) is 0 Å². The number of aromatic amines is 2. The quantitative estimate of drug-likeness (QED) is 0.493. The van der Waals surface area contributed by atoms with E-state index in [-0.39, 0.29) is 12.2 Å². The van der Waals surface area contributed by atoms with Crippen LogP contribution in [0.25, 0.3) is 0 Å². The zero-order chi connectivity index (χ0) is 16.1. The number of hydrogen-bond donors (Lipinski definition) is 4. The number of nitrogens with one attached hydrogen (secondary N) is 3. The van der Waals surface area contributed by atoms with Crippen LogP contribution in [0.5, 0.6) is 0 Å². The summed E-state index contributed by atoms with van der Waals surface area (Å²) in [6, 6.07) is -0.591. The smallest absolute Gasteiger partial charge is 0.329 e. The lowest BCUT2D eigenvalue weighted by molar-refractivity contribution is -0.147. The summed E-state index contributed by atoms with van der Waals surface area (Å²) in [7, 11) is 0. The van der Waals surface area contributed by atoms with Gasteiger partial charge in [0.05, 0.1) is 18.8 Å². The molecule has 1 aromatic rings. The number of carboxylic acid groups (broad SMARTS) is 1. The number of H-pyrrole nitrogens is 2. The molecule has 1 fully saturated rings. The van der Waals surface area contributed by atoms with Gasteiger partial charge in [0.15, 0.2) is 0 Å². The molecule has 10 nitrogen and oxygen atoms in total. The van der Waals surface area contributed by atoms with Crippen molar-refractivity contribution in [2.24, 2.45) is 0 Å². The summed E-state index contributed by atoms with van der Waals surface area (Å²) >= 11 is 0. The molecule has 1 aromatic heterocycles. The van der Waals surface area contributed by atoms with Crippen molar-refractivity contribution in [1.29, 1.82) is 0 Å². The predicted molar refractivity (Wildman–Crippen MR) is 71.7 cm³/mol. The van der Waals surface area contributed by atoms with Crippen LogP contribution in [0.4, 0.5) is 0 Å². The fourth-order valence-electron chi connectivity index (χ4n) is 2.06. The fraction of sp³-hybridized carbons (Fsp3) is 0.500. The first-order chi connectivity index (χ1) is 10.5. The van der Waals surface area contributed by atoms with Gasteiger partial charge < -0.3 is 24.9 Å². The SMILES string of the molecule is O=C(O)CO[C@H]1CCOC[C@H]1NC(=O)c1c[nH]c(=O)[nH]c1=O. The Morgan fingerprint density at radius 2 is 2.23 bits per heavy atom. The Bertz CT molecular complexity index is 665. The highest BCUT2D eigenvalue weighted by Gasteiger charge is 2.29. The number of aliphatic carboxylic acids is 1. The second kappa shape index (κ2) is 7.00. The normalized spacial score (nSPS) is 21.3. The third kappa shape index (κ3) is 4.02. The van der Waals surface area contributed by atoms with Gasteiger partial charge in [-0.25, -0.2) is 9.59 Å². The Balaban J connectivity index is 2.05. The van der Waals surface area contributed by atoms with Gasteiger partial charge in [0, 0.05) is 12.8 Å². The van der Waals surface area contributed by atoms with E-state index in [0.29, 0.717) is 13.0 Å². The minimum atomic E-state index is -1.12. The molecule has 4 N–H and O–H groups in total. The van der Waals surface area contributed by atoms with Crippen molar-refractivity contribution < 1.29 is 24.2 Å². The first kappa shape index (κ1) is 15.9. The molecule has 0 aromatic carbocycles. The molecule has 1 saturated heterocycles. The number of rotatable bonds is 5. The first-order valence-corrected chi connectivity index (χ1v) is 6.51. The van der Waals surface area contributed by atoms with Crippen LogP contribution in [0, 0.1) is 0 Å². The summed E-state index contributed by atoms with van der Waals surface area (Å²) < 4.78 is 10.4. The number of carbonyl (C=O) groups is 2. The fourth-order valence-corrected chi connectivity index (χ4v) is 2.06. The number of amides is 1. The molecule has 0 unspecified atom stereocenters. The Morgan fingerprint density at radius 1 is 1.45 bits per heavy atom. The van der Waals surface area contributed by atoms with E-state index in [1.54, 1.807) is 0 Å². The number of aromatic nitrogens is 2. The van der Waals surface area contributed by atoms with Crippen LogP contribution in [-0.4, -0.2) is 58.9 Å². The minimum Gasteiger partial charge on any atom is -0.480 e. The number of hydrogen-bond acceptors (Lipinski definition) is 6. The van der Waals surface area contributed by atoms with E-state index in [0.717, 1.165) is 6.20 Å². The molecule has 0 radical (unpaired) electrons. The zero-order valence-corrected chi connectivity index (χ0v) is 11.5. The van der Waals surface area contributed by atoms with E-state index in [9.17, 15) is 19.2 Å². The lowest BCUT2D eigenvalue weighted by atomic mass is 10.1. The van der Waals surface area contributed by atoms with Crippen molar-refractivity contribution in [3.63, 3.8) is 0 Å². The minimum absolute atomic E-state index is 0.136. The molecule has 1 aliphatic rings.